The van der Waals surface area contributed by atoms with Crippen LogP contribution in [-0.2, 0) is 9.53 Å². The number of carbonyl (C=O) groups excluding carboxylic acids is 1. The van der Waals surface area contributed by atoms with Gasteiger partial charge < -0.3 is 20.5 Å². The van der Waals surface area contributed by atoms with Crippen LogP contribution in [-0.4, -0.2) is 46.2 Å². The van der Waals surface area contributed by atoms with Crippen molar-refractivity contribution in [1.29, 1.82) is 0 Å². The average molecular weight is 535 g/mol. The second-order valence-electron chi connectivity index (χ2n) is 9.00. The van der Waals surface area contributed by atoms with E-state index >= 15 is 0 Å². The first-order valence-electron chi connectivity index (χ1n) is 12.3. The van der Waals surface area contributed by atoms with Crippen molar-refractivity contribution in [3.05, 3.63) is 98.1 Å². The van der Waals surface area contributed by atoms with Crippen molar-refractivity contribution in [3.63, 3.8) is 0 Å². The molecule has 0 saturated carbocycles. The highest BCUT2D eigenvalue weighted by Crippen LogP contribution is 2.44. The summed E-state index contributed by atoms with van der Waals surface area (Å²) in [6.07, 6.45) is 0.103. The molecule has 0 aliphatic heterocycles. The van der Waals surface area contributed by atoms with Gasteiger partial charge in [0.15, 0.2) is 0 Å². The zero-order valence-corrected chi connectivity index (χ0v) is 20.7. The number of nitro benzene ring substituents is 2. The molecule has 12 nitrogen and oxygen atoms in total. The molecule has 0 bridgehead atoms. The van der Waals surface area contributed by atoms with Gasteiger partial charge in [-0.1, -0.05) is 48.5 Å². The van der Waals surface area contributed by atoms with Gasteiger partial charge in [-0.2, -0.15) is 0 Å². The number of unbranched alkanes of at least 4 members (excludes halogenated alkanes) is 1. The minimum atomic E-state index is -1.21. The highest BCUT2D eigenvalue weighted by atomic mass is 16.6. The molecule has 202 valence electrons. The van der Waals surface area contributed by atoms with E-state index in [4.69, 9.17) is 4.74 Å². The van der Waals surface area contributed by atoms with Gasteiger partial charge in [-0.05, 0) is 47.6 Å². The normalized spacial score (nSPS) is 12.6. The molecule has 0 radical (unpaired) electrons. The van der Waals surface area contributed by atoms with Crippen LogP contribution in [0.15, 0.2) is 66.7 Å². The topological polar surface area (TPSA) is 174 Å². The second kappa shape index (κ2) is 12.0. The number of carbonyl (C=O) groups is 2. The Bertz CT molecular complexity index is 1360. The molecule has 3 aromatic carbocycles. The maximum atomic E-state index is 12.5. The lowest BCUT2D eigenvalue weighted by atomic mass is 9.98. The number of carboxylic acid groups (broad SMARTS) is 1. The van der Waals surface area contributed by atoms with Gasteiger partial charge in [0.25, 0.3) is 11.4 Å². The molecule has 12 heteroatoms. The lowest BCUT2D eigenvalue weighted by Crippen LogP contribution is -2.41. The molecule has 4 rings (SSSR count). The van der Waals surface area contributed by atoms with Crippen LogP contribution < -0.4 is 10.6 Å². The van der Waals surface area contributed by atoms with Crippen molar-refractivity contribution >= 4 is 29.1 Å². The molecule has 1 aliphatic rings. The number of benzene rings is 3. The zero-order valence-electron chi connectivity index (χ0n) is 20.7. The number of aliphatic carboxylic acids is 1. The van der Waals surface area contributed by atoms with Crippen LogP contribution in [0, 0.1) is 20.2 Å². The van der Waals surface area contributed by atoms with Gasteiger partial charge in [-0.15, -0.1) is 0 Å². The number of rotatable bonds is 12. The number of alkyl carbamates (subject to hydrolysis) is 1. The van der Waals surface area contributed by atoms with Crippen molar-refractivity contribution in [2.45, 2.75) is 31.2 Å². The van der Waals surface area contributed by atoms with Crippen LogP contribution in [0.4, 0.5) is 21.9 Å². The Labute approximate surface area is 222 Å². The number of non-ortho nitro benzene ring substituents is 1. The van der Waals surface area contributed by atoms with Crippen molar-refractivity contribution in [2.75, 3.05) is 18.5 Å². The number of hydrogen-bond acceptors (Lipinski definition) is 8. The molecular formula is C27H26N4O8. The first kappa shape index (κ1) is 27.0. The van der Waals surface area contributed by atoms with Crippen molar-refractivity contribution in [3.8, 4) is 11.1 Å². The van der Waals surface area contributed by atoms with Gasteiger partial charge in [0.2, 0.25) is 0 Å². The largest absolute Gasteiger partial charge is 0.480 e. The number of nitrogens with zero attached hydrogens (tertiary/aromatic N) is 2. The smallest absolute Gasteiger partial charge is 0.407 e. The summed E-state index contributed by atoms with van der Waals surface area (Å²) in [5.74, 6) is -1.36. The van der Waals surface area contributed by atoms with Crippen molar-refractivity contribution < 1.29 is 29.3 Å². The Kier molecular flexibility index (Phi) is 8.34. The van der Waals surface area contributed by atoms with Crippen molar-refractivity contribution in [2.24, 2.45) is 0 Å². The number of nitrogens with one attached hydrogen (secondary N) is 2. The highest BCUT2D eigenvalue weighted by molar-refractivity contribution is 5.81. The lowest BCUT2D eigenvalue weighted by Gasteiger charge is -2.17. The number of ether oxygens (including phenoxy) is 1. The van der Waals surface area contributed by atoms with Crippen LogP contribution >= 0.6 is 0 Å². The van der Waals surface area contributed by atoms with Gasteiger partial charge in [-0.3, -0.25) is 20.2 Å². The average Bonchev–Trinajstić information content (AvgIpc) is 3.24. The third-order valence-electron chi connectivity index (χ3n) is 6.56. The number of amides is 1. The fourth-order valence-corrected chi connectivity index (χ4v) is 4.67. The Morgan fingerprint density at radius 3 is 2.15 bits per heavy atom. The predicted molar refractivity (Wildman–Crippen MR) is 142 cm³/mol. The monoisotopic (exact) mass is 534 g/mol. The first-order chi connectivity index (χ1) is 18.8. The fraction of sp³-hybridized carbons (Fsp3) is 0.259. The van der Waals surface area contributed by atoms with Crippen LogP contribution in [0.1, 0.15) is 36.3 Å². The van der Waals surface area contributed by atoms with E-state index in [0.29, 0.717) is 12.8 Å². The molecule has 0 spiro atoms. The molecule has 1 aliphatic carbocycles. The molecule has 1 amide bonds. The molecule has 0 heterocycles. The minimum absolute atomic E-state index is 0.0597. The van der Waals surface area contributed by atoms with E-state index < -0.39 is 39.3 Å². The van der Waals surface area contributed by atoms with Crippen LogP contribution in [0.3, 0.4) is 0 Å². The van der Waals surface area contributed by atoms with Gasteiger partial charge in [0, 0.05) is 18.5 Å². The van der Waals surface area contributed by atoms with Crippen LogP contribution in [0.25, 0.3) is 11.1 Å². The SMILES string of the molecule is O=C(NC(CCCCNc1ccc([N+](=O)[O-])cc1[N+](=O)[O-])C(=O)O)OCC1c2ccccc2-c2ccccc21. The van der Waals surface area contributed by atoms with E-state index in [1.807, 2.05) is 48.5 Å². The highest BCUT2D eigenvalue weighted by Gasteiger charge is 2.29. The zero-order chi connectivity index (χ0) is 27.9. The Morgan fingerprint density at radius 2 is 1.56 bits per heavy atom. The maximum absolute atomic E-state index is 12.5. The second-order valence-corrected chi connectivity index (χ2v) is 9.00. The summed E-state index contributed by atoms with van der Waals surface area (Å²) >= 11 is 0. The van der Waals surface area contributed by atoms with Gasteiger partial charge in [0.05, 0.1) is 15.9 Å². The summed E-state index contributed by atoms with van der Waals surface area (Å²) in [4.78, 5) is 44.8. The summed E-state index contributed by atoms with van der Waals surface area (Å²) in [5.41, 5.74) is 3.55. The molecule has 1 unspecified atom stereocenters. The fourth-order valence-electron chi connectivity index (χ4n) is 4.67. The standard InChI is InChI=1S/C27H26N4O8/c32-26(33)24(11-5-6-14-28-23-13-12-17(30(35)36)15-25(23)31(37)38)29-27(34)39-16-22-20-9-3-1-7-18(20)19-8-2-4-10-21(19)22/h1-4,7-10,12-13,15,22,24,28H,5-6,11,14,16H2,(H,29,34)(H,32,33). The van der Waals surface area contributed by atoms with Crippen molar-refractivity contribution in [1.82, 2.24) is 5.32 Å². The summed E-state index contributed by atoms with van der Waals surface area (Å²) in [6.45, 7) is 0.320. The third-order valence-corrected chi connectivity index (χ3v) is 6.56. The van der Waals surface area contributed by atoms with E-state index in [0.717, 1.165) is 34.4 Å². The Hall–Kier alpha value is -5.00. The molecule has 0 saturated heterocycles. The number of fused-ring (bicyclic) bond motifs is 3. The maximum Gasteiger partial charge on any atom is 0.407 e. The van der Waals surface area contributed by atoms with E-state index in [1.165, 1.54) is 6.07 Å². The lowest BCUT2D eigenvalue weighted by molar-refractivity contribution is -0.393. The van der Waals surface area contributed by atoms with E-state index in [-0.39, 0.29) is 31.2 Å². The van der Waals surface area contributed by atoms with Gasteiger partial charge in [-0.25, -0.2) is 9.59 Å². The summed E-state index contributed by atoms with van der Waals surface area (Å²) in [7, 11) is 0. The molecule has 0 fully saturated rings. The van der Waals surface area contributed by atoms with E-state index in [2.05, 4.69) is 10.6 Å². The van der Waals surface area contributed by atoms with Gasteiger partial charge >= 0.3 is 12.1 Å². The van der Waals surface area contributed by atoms with Gasteiger partial charge in [0.1, 0.15) is 18.3 Å². The summed E-state index contributed by atoms with van der Waals surface area (Å²) < 4.78 is 5.43. The molecule has 3 N–H and O–H groups in total. The van der Waals surface area contributed by atoms with Crippen LogP contribution in [0.5, 0.6) is 0 Å². The van der Waals surface area contributed by atoms with Crippen LogP contribution in [0.2, 0.25) is 0 Å². The Balaban J connectivity index is 1.26. The van der Waals surface area contributed by atoms with E-state index in [9.17, 15) is 34.9 Å². The van der Waals surface area contributed by atoms with E-state index in [1.54, 1.807) is 0 Å². The molecule has 0 aromatic heterocycles. The molecule has 3 aromatic rings. The Morgan fingerprint density at radius 1 is 0.923 bits per heavy atom. The predicted octanol–water partition coefficient (Wildman–Crippen LogP) is 5.08. The summed E-state index contributed by atoms with van der Waals surface area (Å²) in [5, 5.41) is 36.9. The minimum Gasteiger partial charge on any atom is -0.480 e. The summed E-state index contributed by atoms with van der Waals surface area (Å²) in [6, 6.07) is 17.9. The first-order valence-corrected chi connectivity index (χ1v) is 12.3. The quantitative estimate of drug-likeness (QED) is 0.163. The number of anilines is 1. The molecular weight excluding hydrogens is 508 g/mol. The third kappa shape index (κ3) is 6.29. The molecule has 39 heavy (non-hydrogen) atoms. The number of carboxylic acids is 1. The number of nitro groups is 2. The number of hydrogen-bond donors (Lipinski definition) is 3. The molecule has 1 atom stereocenters.